The number of ether oxygens (including phenoxy) is 2. The van der Waals surface area contributed by atoms with E-state index in [1.54, 1.807) is 6.92 Å². The van der Waals surface area contributed by atoms with E-state index in [-0.39, 0.29) is 6.10 Å². The molecule has 0 fully saturated rings. The molecule has 7 heteroatoms. The molecule has 0 saturated heterocycles. The fourth-order valence-corrected chi connectivity index (χ4v) is 1.88. The highest BCUT2D eigenvalue weighted by molar-refractivity contribution is 5.97. The number of hydrogen-bond donors (Lipinski definition) is 3. The first-order valence-corrected chi connectivity index (χ1v) is 7.99. The molecule has 0 radical (unpaired) electrons. The maximum atomic E-state index is 11.8. The third kappa shape index (κ3) is 7.94. The molecule has 0 spiro atoms. The second-order valence-electron chi connectivity index (χ2n) is 5.61. The third-order valence-electron chi connectivity index (χ3n) is 3.11. The lowest BCUT2D eigenvalue weighted by atomic mass is 10.2. The minimum absolute atomic E-state index is 0.198. The van der Waals surface area contributed by atoms with E-state index < -0.39 is 18.0 Å². The second-order valence-corrected chi connectivity index (χ2v) is 5.61. The van der Waals surface area contributed by atoms with Crippen LogP contribution in [0.5, 0.6) is 0 Å². The molecular formula is C17H27N3O4. The number of amides is 3. The monoisotopic (exact) mass is 337 g/mol. The number of benzene rings is 1. The molecule has 0 aromatic heterocycles. The molecule has 0 aliphatic rings. The molecule has 0 bridgehead atoms. The number of nitrogens with one attached hydrogen (secondary N) is 3. The molecule has 0 heterocycles. The van der Waals surface area contributed by atoms with Gasteiger partial charge in [0.1, 0.15) is 6.04 Å². The van der Waals surface area contributed by atoms with Gasteiger partial charge in [-0.05, 0) is 38.5 Å². The summed E-state index contributed by atoms with van der Waals surface area (Å²) in [6, 6.07) is 6.53. The van der Waals surface area contributed by atoms with E-state index in [1.165, 1.54) is 7.05 Å². The summed E-state index contributed by atoms with van der Waals surface area (Å²) in [4.78, 5) is 23.0. The summed E-state index contributed by atoms with van der Waals surface area (Å²) in [5, 5.41) is 7.63. The Bertz CT molecular complexity index is 534. The minimum atomic E-state index is -0.544. The van der Waals surface area contributed by atoms with E-state index in [1.807, 2.05) is 38.1 Å². The fourth-order valence-electron chi connectivity index (χ4n) is 1.88. The largest absolute Gasteiger partial charge is 0.376 e. The number of urea groups is 1. The first-order chi connectivity index (χ1) is 11.4. The number of imide groups is 1. The Morgan fingerprint density at radius 1 is 1.17 bits per heavy atom. The fraction of sp³-hybridized carbons (Fsp3) is 0.529. The average Bonchev–Trinajstić information content (AvgIpc) is 2.54. The zero-order chi connectivity index (χ0) is 17.9. The van der Waals surface area contributed by atoms with Crippen LogP contribution in [-0.4, -0.2) is 44.3 Å². The molecule has 0 saturated carbocycles. The van der Waals surface area contributed by atoms with Crippen molar-refractivity contribution in [2.24, 2.45) is 0 Å². The van der Waals surface area contributed by atoms with E-state index in [2.05, 4.69) is 16.0 Å². The van der Waals surface area contributed by atoms with Gasteiger partial charge in [-0.15, -0.1) is 0 Å². The average molecular weight is 337 g/mol. The van der Waals surface area contributed by atoms with Crippen molar-refractivity contribution in [3.63, 3.8) is 0 Å². The molecule has 24 heavy (non-hydrogen) atoms. The van der Waals surface area contributed by atoms with Crippen molar-refractivity contribution in [3.8, 4) is 0 Å². The molecule has 3 N–H and O–H groups in total. The molecule has 0 aliphatic carbocycles. The van der Waals surface area contributed by atoms with Crippen molar-refractivity contribution in [2.45, 2.75) is 39.5 Å². The van der Waals surface area contributed by atoms with Gasteiger partial charge in [0.05, 0.1) is 25.9 Å². The van der Waals surface area contributed by atoms with E-state index in [9.17, 15) is 9.59 Å². The molecule has 1 aromatic rings. The Hall–Kier alpha value is -2.12. The van der Waals surface area contributed by atoms with Gasteiger partial charge in [-0.2, -0.15) is 0 Å². The minimum Gasteiger partial charge on any atom is -0.376 e. The van der Waals surface area contributed by atoms with Crippen LogP contribution in [0.1, 0.15) is 26.3 Å². The van der Waals surface area contributed by atoms with Crippen LogP contribution in [0, 0.1) is 0 Å². The normalized spacial score (nSPS) is 11.9. The molecule has 1 rings (SSSR count). The van der Waals surface area contributed by atoms with Gasteiger partial charge in [-0.25, -0.2) is 4.79 Å². The number of carbonyl (C=O) groups excluding carboxylic acids is 2. The zero-order valence-electron chi connectivity index (χ0n) is 14.7. The summed E-state index contributed by atoms with van der Waals surface area (Å²) in [5.74, 6) is -0.401. The van der Waals surface area contributed by atoms with Crippen LogP contribution in [0.2, 0.25) is 0 Å². The summed E-state index contributed by atoms with van der Waals surface area (Å²) >= 11 is 0. The van der Waals surface area contributed by atoms with Gasteiger partial charge in [-0.1, -0.05) is 12.1 Å². The molecular weight excluding hydrogens is 310 g/mol. The van der Waals surface area contributed by atoms with Gasteiger partial charge < -0.3 is 20.1 Å². The summed E-state index contributed by atoms with van der Waals surface area (Å²) in [6.07, 6.45) is 0.198. The number of carbonyl (C=O) groups is 2. The number of hydrogen-bond acceptors (Lipinski definition) is 5. The van der Waals surface area contributed by atoms with Crippen LogP contribution < -0.4 is 16.0 Å². The lowest BCUT2D eigenvalue weighted by molar-refractivity contribution is -0.120. The smallest absolute Gasteiger partial charge is 0.321 e. The highest BCUT2D eigenvalue weighted by Gasteiger charge is 2.14. The summed E-state index contributed by atoms with van der Waals surface area (Å²) in [7, 11) is 1.45. The van der Waals surface area contributed by atoms with Crippen LogP contribution in [0.3, 0.4) is 0 Å². The predicted octanol–water partition coefficient (Wildman–Crippen LogP) is 1.88. The van der Waals surface area contributed by atoms with Crippen molar-refractivity contribution in [1.29, 1.82) is 0 Å². The lowest BCUT2D eigenvalue weighted by Gasteiger charge is -2.15. The van der Waals surface area contributed by atoms with Crippen molar-refractivity contribution in [3.05, 3.63) is 29.8 Å². The zero-order valence-corrected chi connectivity index (χ0v) is 14.7. The standard InChI is InChI=1S/C17H27N3O4/c1-12(2)24-9-8-23-11-14-6-5-7-15(10-14)19-13(3)16(21)20-17(22)18-4/h5-7,10,12-13,19H,8-9,11H2,1-4H3,(H2,18,20,21,22)/t13-/m1/s1. The highest BCUT2D eigenvalue weighted by Crippen LogP contribution is 2.13. The van der Waals surface area contributed by atoms with Crippen LogP contribution in [0.15, 0.2) is 24.3 Å². The topological polar surface area (TPSA) is 88.7 Å². The van der Waals surface area contributed by atoms with Gasteiger partial charge >= 0.3 is 6.03 Å². The Kier molecular flexibility index (Phi) is 8.81. The maximum Gasteiger partial charge on any atom is 0.321 e. The summed E-state index contributed by atoms with van der Waals surface area (Å²) in [5.41, 5.74) is 1.78. The van der Waals surface area contributed by atoms with Gasteiger partial charge in [0.25, 0.3) is 0 Å². The SMILES string of the molecule is CNC(=O)NC(=O)[C@@H](C)Nc1cccc(COCCOC(C)C)c1. The summed E-state index contributed by atoms with van der Waals surface area (Å²) in [6.45, 7) is 7.21. The summed E-state index contributed by atoms with van der Waals surface area (Å²) < 4.78 is 11.0. The van der Waals surface area contributed by atoms with Crippen LogP contribution in [0.4, 0.5) is 10.5 Å². The van der Waals surface area contributed by atoms with Crippen LogP contribution in [0.25, 0.3) is 0 Å². The van der Waals surface area contributed by atoms with Crippen LogP contribution in [-0.2, 0) is 20.9 Å². The number of anilines is 1. The molecule has 0 aliphatic heterocycles. The molecule has 1 aromatic carbocycles. The van der Waals surface area contributed by atoms with E-state index >= 15 is 0 Å². The van der Waals surface area contributed by atoms with Gasteiger partial charge in [0, 0.05) is 12.7 Å². The first kappa shape index (κ1) is 19.9. The van der Waals surface area contributed by atoms with Crippen molar-refractivity contribution in [2.75, 3.05) is 25.6 Å². The van der Waals surface area contributed by atoms with E-state index in [4.69, 9.17) is 9.47 Å². The quantitative estimate of drug-likeness (QED) is 0.599. The Morgan fingerprint density at radius 3 is 2.58 bits per heavy atom. The molecule has 3 amide bonds. The lowest BCUT2D eigenvalue weighted by Crippen LogP contribution is -2.44. The van der Waals surface area contributed by atoms with Crippen molar-refractivity contribution in [1.82, 2.24) is 10.6 Å². The predicted molar refractivity (Wildman–Crippen MR) is 92.9 cm³/mol. The van der Waals surface area contributed by atoms with Crippen molar-refractivity contribution < 1.29 is 19.1 Å². The first-order valence-electron chi connectivity index (χ1n) is 7.99. The molecule has 0 unspecified atom stereocenters. The maximum absolute atomic E-state index is 11.8. The van der Waals surface area contributed by atoms with Gasteiger partial charge in [0.2, 0.25) is 5.91 Å². The van der Waals surface area contributed by atoms with Crippen molar-refractivity contribution >= 4 is 17.6 Å². The Balaban J connectivity index is 2.44. The Labute approximate surface area is 143 Å². The highest BCUT2D eigenvalue weighted by atomic mass is 16.5. The van der Waals surface area contributed by atoms with Gasteiger partial charge in [-0.3, -0.25) is 10.1 Å². The van der Waals surface area contributed by atoms with E-state index in [0.717, 1.165) is 11.3 Å². The number of rotatable bonds is 9. The third-order valence-corrected chi connectivity index (χ3v) is 3.11. The van der Waals surface area contributed by atoms with Gasteiger partial charge in [0.15, 0.2) is 0 Å². The Morgan fingerprint density at radius 2 is 1.92 bits per heavy atom. The second kappa shape index (κ2) is 10.6. The van der Waals surface area contributed by atoms with E-state index in [0.29, 0.717) is 19.8 Å². The van der Waals surface area contributed by atoms with Crippen LogP contribution >= 0.6 is 0 Å². The molecule has 1 atom stereocenters. The molecule has 134 valence electrons. The molecule has 7 nitrogen and oxygen atoms in total.